The van der Waals surface area contributed by atoms with Gasteiger partial charge < -0.3 is 15.3 Å². The second-order valence-corrected chi connectivity index (χ2v) is 5.19. The number of carboxylic acids is 1. The minimum atomic E-state index is -1.16. The fourth-order valence-corrected chi connectivity index (χ4v) is 2.05. The molecule has 0 aliphatic rings. The second-order valence-electron chi connectivity index (χ2n) is 5.19. The van der Waals surface area contributed by atoms with Crippen LogP contribution in [0.4, 0.5) is 0 Å². The molecule has 0 radical (unpaired) electrons. The number of pyridine rings is 1. The van der Waals surface area contributed by atoms with Crippen LogP contribution in [0.25, 0.3) is 0 Å². The summed E-state index contributed by atoms with van der Waals surface area (Å²) in [6, 6.07) is 3.04. The second kappa shape index (κ2) is 7.00. The molecule has 1 atom stereocenters. The zero-order valence-electron chi connectivity index (χ0n) is 12.3. The topological polar surface area (TPSA) is 82.5 Å². The zero-order valence-corrected chi connectivity index (χ0v) is 12.3. The molecule has 6 nitrogen and oxygen atoms in total. The molecule has 20 heavy (non-hydrogen) atoms. The predicted molar refractivity (Wildman–Crippen MR) is 75.8 cm³/mol. The third-order valence-electron chi connectivity index (χ3n) is 3.16. The average molecular weight is 279 g/mol. The number of hydrogen-bond donors (Lipinski definition) is 2. The van der Waals surface area contributed by atoms with Crippen molar-refractivity contribution in [1.82, 2.24) is 15.2 Å². The summed E-state index contributed by atoms with van der Waals surface area (Å²) in [4.78, 5) is 29.0. The van der Waals surface area contributed by atoms with E-state index in [0.717, 1.165) is 0 Å². The number of nitrogens with one attached hydrogen (secondary N) is 1. The highest BCUT2D eigenvalue weighted by molar-refractivity contribution is 6.03. The summed E-state index contributed by atoms with van der Waals surface area (Å²) in [6.45, 7) is 4.58. The Hall–Kier alpha value is -1.95. The molecule has 1 rings (SSSR count). The molecule has 0 aliphatic carbocycles. The van der Waals surface area contributed by atoms with Crippen molar-refractivity contribution in [2.45, 2.75) is 19.9 Å². The lowest BCUT2D eigenvalue weighted by Crippen LogP contribution is -2.43. The Morgan fingerprint density at radius 3 is 2.55 bits per heavy atom. The van der Waals surface area contributed by atoms with Gasteiger partial charge in [-0.3, -0.25) is 9.78 Å². The normalized spacial score (nSPS) is 12.5. The molecule has 0 bridgehead atoms. The lowest BCUT2D eigenvalue weighted by atomic mass is 10.0. The predicted octanol–water partition coefficient (Wildman–Crippen LogP) is 1.10. The summed E-state index contributed by atoms with van der Waals surface area (Å²) in [5, 5.41) is 11.8. The van der Waals surface area contributed by atoms with Gasteiger partial charge in [0.05, 0.1) is 5.56 Å². The molecule has 0 spiro atoms. The maximum absolute atomic E-state index is 12.1. The molecule has 1 aromatic heterocycles. The summed E-state index contributed by atoms with van der Waals surface area (Å²) in [7, 11) is 3.89. The first-order chi connectivity index (χ1) is 9.34. The first kappa shape index (κ1) is 16.1. The fourth-order valence-electron chi connectivity index (χ4n) is 2.05. The quantitative estimate of drug-likeness (QED) is 0.814. The van der Waals surface area contributed by atoms with E-state index in [1.165, 1.54) is 18.3 Å². The first-order valence-corrected chi connectivity index (χ1v) is 6.47. The van der Waals surface area contributed by atoms with Crippen molar-refractivity contribution in [3.8, 4) is 0 Å². The largest absolute Gasteiger partial charge is 0.478 e. The lowest BCUT2D eigenvalue weighted by Gasteiger charge is -2.28. The molecule has 0 aliphatic heterocycles. The number of hydrogen-bond acceptors (Lipinski definition) is 4. The highest BCUT2D eigenvalue weighted by Gasteiger charge is 2.20. The van der Waals surface area contributed by atoms with E-state index in [4.69, 9.17) is 5.11 Å². The van der Waals surface area contributed by atoms with Crippen molar-refractivity contribution in [1.29, 1.82) is 0 Å². The van der Waals surface area contributed by atoms with Crippen LogP contribution in [0.3, 0.4) is 0 Å². The van der Waals surface area contributed by atoms with Gasteiger partial charge in [-0.05, 0) is 32.1 Å². The zero-order chi connectivity index (χ0) is 15.3. The van der Waals surface area contributed by atoms with Gasteiger partial charge >= 0.3 is 5.97 Å². The molecule has 1 amide bonds. The molecule has 6 heteroatoms. The molecule has 2 N–H and O–H groups in total. The van der Waals surface area contributed by atoms with Gasteiger partial charge in [-0.2, -0.15) is 0 Å². The molecule has 1 unspecified atom stereocenters. The summed E-state index contributed by atoms with van der Waals surface area (Å²) < 4.78 is 0. The molecule has 0 saturated carbocycles. The molecule has 0 saturated heterocycles. The van der Waals surface area contributed by atoms with Crippen molar-refractivity contribution in [2.24, 2.45) is 5.92 Å². The number of carbonyl (C=O) groups excluding carboxylic acids is 1. The molecule has 1 heterocycles. The molecular formula is C14H21N3O3. The van der Waals surface area contributed by atoms with Gasteiger partial charge in [-0.15, -0.1) is 0 Å². The highest BCUT2D eigenvalue weighted by atomic mass is 16.4. The number of nitrogens with zero attached hydrogens (tertiary/aromatic N) is 2. The van der Waals surface area contributed by atoms with E-state index in [1.54, 1.807) is 0 Å². The Bertz CT molecular complexity index is 478. The van der Waals surface area contributed by atoms with Crippen LogP contribution >= 0.6 is 0 Å². The molecule has 0 fully saturated rings. The van der Waals surface area contributed by atoms with Crippen molar-refractivity contribution in [2.75, 3.05) is 20.6 Å². The van der Waals surface area contributed by atoms with Crippen LogP contribution in [0, 0.1) is 5.92 Å². The average Bonchev–Trinajstić information content (AvgIpc) is 2.37. The summed E-state index contributed by atoms with van der Waals surface area (Å²) >= 11 is 0. The van der Waals surface area contributed by atoms with E-state index in [1.807, 2.05) is 19.0 Å². The smallest absolute Gasteiger partial charge is 0.338 e. The van der Waals surface area contributed by atoms with Crippen LogP contribution in [-0.4, -0.2) is 53.5 Å². The third-order valence-corrected chi connectivity index (χ3v) is 3.16. The van der Waals surface area contributed by atoms with Crippen LogP contribution < -0.4 is 5.32 Å². The lowest BCUT2D eigenvalue weighted by molar-refractivity contribution is 0.0689. The minimum Gasteiger partial charge on any atom is -0.478 e. The Balaban J connectivity index is 2.80. The van der Waals surface area contributed by atoms with Gasteiger partial charge in [0.15, 0.2) is 0 Å². The van der Waals surface area contributed by atoms with E-state index >= 15 is 0 Å². The Morgan fingerprint density at radius 1 is 1.40 bits per heavy atom. The molecule has 0 aromatic carbocycles. The van der Waals surface area contributed by atoms with E-state index in [2.05, 4.69) is 24.1 Å². The highest BCUT2D eigenvalue weighted by Crippen LogP contribution is 2.08. The van der Waals surface area contributed by atoms with Gasteiger partial charge in [0.2, 0.25) is 0 Å². The number of carbonyl (C=O) groups is 2. The Morgan fingerprint density at radius 2 is 2.05 bits per heavy atom. The van der Waals surface area contributed by atoms with E-state index in [0.29, 0.717) is 12.5 Å². The fraction of sp³-hybridized carbons (Fsp3) is 0.500. The van der Waals surface area contributed by atoms with Crippen LogP contribution in [0.5, 0.6) is 0 Å². The van der Waals surface area contributed by atoms with Crippen LogP contribution in [0.2, 0.25) is 0 Å². The number of amides is 1. The van der Waals surface area contributed by atoms with Gasteiger partial charge in [0.25, 0.3) is 5.91 Å². The number of likely N-dealkylation sites (N-methyl/N-ethyl adjacent to an activating group) is 1. The number of aromatic carboxylic acids is 1. The Labute approximate surface area is 118 Å². The van der Waals surface area contributed by atoms with E-state index in [9.17, 15) is 9.59 Å². The van der Waals surface area contributed by atoms with Gasteiger partial charge in [-0.1, -0.05) is 13.8 Å². The molecule has 1 aromatic rings. The van der Waals surface area contributed by atoms with Crippen molar-refractivity contribution in [3.05, 3.63) is 29.6 Å². The van der Waals surface area contributed by atoms with E-state index in [-0.39, 0.29) is 17.3 Å². The summed E-state index contributed by atoms with van der Waals surface area (Å²) in [5.41, 5.74) is -0.141. The molecule has 110 valence electrons. The maximum Gasteiger partial charge on any atom is 0.338 e. The van der Waals surface area contributed by atoms with Crippen molar-refractivity contribution in [3.63, 3.8) is 0 Å². The monoisotopic (exact) mass is 279 g/mol. The molecular weight excluding hydrogens is 258 g/mol. The SMILES string of the molecule is CC(C)C(CNC(=O)c1ncccc1C(=O)O)N(C)C. The minimum absolute atomic E-state index is 0.0544. The standard InChI is InChI=1S/C14H21N3O3/c1-9(2)11(17(3)4)8-16-13(18)12-10(14(19)20)6-5-7-15-12/h5-7,9,11H,8H2,1-4H3,(H,16,18)(H,19,20). The van der Waals surface area contributed by atoms with Crippen LogP contribution in [0.1, 0.15) is 34.7 Å². The van der Waals surface area contributed by atoms with E-state index < -0.39 is 11.9 Å². The number of carboxylic acid groups (broad SMARTS) is 1. The van der Waals surface area contributed by atoms with Gasteiger partial charge in [-0.25, -0.2) is 4.79 Å². The van der Waals surface area contributed by atoms with Crippen molar-refractivity contribution >= 4 is 11.9 Å². The van der Waals surface area contributed by atoms with Crippen LogP contribution in [0.15, 0.2) is 18.3 Å². The van der Waals surface area contributed by atoms with Gasteiger partial charge in [0.1, 0.15) is 5.69 Å². The van der Waals surface area contributed by atoms with Crippen molar-refractivity contribution < 1.29 is 14.7 Å². The van der Waals surface area contributed by atoms with Gasteiger partial charge in [0, 0.05) is 18.8 Å². The first-order valence-electron chi connectivity index (χ1n) is 6.47. The Kier molecular flexibility index (Phi) is 5.64. The summed E-state index contributed by atoms with van der Waals surface area (Å²) in [6.07, 6.45) is 1.41. The third kappa shape index (κ3) is 4.03. The van der Waals surface area contributed by atoms with Crippen LogP contribution in [-0.2, 0) is 0 Å². The number of aromatic nitrogens is 1. The number of rotatable bonds is 6. The summed E-state index contributed by atoms with van der Waals surface area (Å²) in [5.74, 6) is -1.25. The maximum atomic E-state index is 12.1.